The number of aryl methyl sites for hydroxylation is 1. The minimum Gasteiger partial charge on any atom is -0.476 e. The molecule has 1 amide bonds. The van der Waals surface area contributed by atoms with Crippen molar-refractivity contribution in [3.05, 3.63) is 45.7 Å². The Kier molecular flexibility index (Phi) is 4.69. The van der Waals surface area contributed by atoms with Crippen LogP contribution in [0.15, 0.2) is 28.9 Å². The van der Waals surface area contributed by atoms with Crippen LogP contribution in [-0.4, -0.2) is 38.5 Å². The van der Waals surface area contributed by atoms with E-state index in [1.165, 1.54) is 10.9 Å². The van der Waals surface area contributed by atoms with Crippen molar-refractivity contribution in [1.29, 1.82) is 0 Å². The summed E-state index contributed by atoms with van der Waals surface area (Å²) in [4.78, 5) is 22.7. The lowest BCUT2D eigenvalue weighted by molar-refractivity contribution is 0.0690. The number of aromatic nitrogens is 3. The molecule has 8 heteroatoms. The highest BCUT2D eigenvalue weighted by atomic mass is 79.9. The first kappa shape index (κ1) is 15.2. The number of carbonyl (C=O) groups is 2. The fourth-order valence-corrected chi connectivity index (χ4v) is 2.15. The molecule has 2 aromatic rings. The number of carbonyl (C=O) groups excluding carboxylic acids is 1. The van der Waals surface area contributed by atoms with E-state index in [0.29, 0.717) is 18.7 Å². The minimum absolute atomic E-state index is 0.122. The summed E-state index contributed by atoms with van der Waals surface area (Å²) >= 11 is 3.38. The van der Waals surface area contributed by atoms with Crippen LogP contribution < -0.4 is 5.32 Å². The van der Waals surface area contributed by atoms with E-state index in [4.69, 9.17) is 5.11 Å². The van der Waals surface area contributed by atoms with Crippen molar-refractivity contribution in [2.75, 3.05) is 6.54 Å². The predicted molar refractivity (Wildman–Crippen MR) is 78.2 cm³/mol. The molecule has 0 unspecified atom stereocenters. The molecule has 0 aliphatic heterocycles. The third kappa shape index (κ3) is 3.66. The Bertz CT molecular complexity index is 684. The Hall–Kier alpha value is -2.22. The number of rotatable bonds is 5. The smallest absolute Gasteiger partial charge is 0.358 e. The highest BCUT2D eigenvalue weighted by molar-refractivity contribution is 9.10. The van der Waals surface area contributed by atoms with Crippen LogP contribution in [-0.2, 0) is 6.54 Å². The Balaban J connectivity index is 1.92. The first-order valence-corrected chi connectivity index (χ1v) is 6.95. The zero-order valence-corrected chi connectivity index (χ0v) is 12.8. The number of hydrogen-bond donors (Lipinski definition) is 2. The van der Waals surface area contributed by atoms with Crippen LogP contribution in [0, 0.1) is 6.92 Å². The number of amides is 1. The molecule has 0 bridgehead atoms. The maximum atomic E-state index is 12.0. The Morgan fingerprint density at radius 2 is 2.19 bits per heavy atom. The van der Waals surface area contributed by atoms with Gasteiger partial charge in [0.05, 0.1) is 18.3 Å². The molecule has 2 N–H and O–H groups in total. The van der Waals surface area contributed by atoms with Gasteiger partial charge >= 0.3 is 5.97 Å². The van der Waals surface area contributed by atoms with Crippen LogP contribution in [0.4, 0.5) is 0 Å². The van der Waals surface area contributed by atoms with E-state index < -0.39 is 5.97 Å². The van der Waals surface area contributed by atoms with Crippen molar-refractivity contribution in [3.8, 4) is 0 Å². The summed E-state index contributed by atoms with van der Waals surface area (Å²) in [7, 11) is 0. The summed E-state index contributed by atoms with van der Waals surface area (Å²) in [6.07, 6.45) is 1.32. The van der Waals surface area contributed by atoms with Crippen LogP contribution in [0.1, 0.15) is 26.4 Å². The number of halogens is 1. The van der Waals surface area contributed by atoms with E-state index in [9.17, 15) is 9.59 Å². The summed E-state index contributed by atoms with van der Waals surface area (Å²) in [6.45, 7) is 2.57. The molecule has 1 aromatic heterocycles. The number of nitrogens with one attached hydrogen (secondary N) is 1. The average Bonchev–Trinajstić information content (AvgIpc) is 2.91. The lowest BCUT2D eigenvalue weighted by Gasteiger charge is -2.08. The van der Waals surface area contributed by atoms with Gasteiger partial charge in [0, 0.05) is 11.0 Å². The van der Waals surface area contributed by atoms with Crippen LogP contribution in [0.25, 0.3) is 0 Å². The molecule has 0 spiro atoms. The Morgan fingerprint density at radius 1 is 1.43 bits per heavy atom. The van der Waals surface area contributed by atoms with Crippen LogP contribution in [0.3, 0.4) is 0 Å². The minimum atomic E-state index is -1.13. The topological polar surface area (TPSA) is 97.1 Å². The highest BCUT2D eigenvalue weighted by Gasteiger charge is 2.11. The van der Waals surface area contributed by atoms with Crippen LogP contribution in [0.5, 0.6) is 0 Å². The largest absolute Gasteiger partial charge is 0.476 e. The first-order chi connectivity index (χ1) is 9.99. The van der Waals surface area contributed by atoms with E-state index in [-0.39, 0.29) is 11.6 Å². The summed E-state index contributed by atoms with van der Waals surface area (Å²) in [5.74, 6) is -1.34. The van der Waals surface area contributed by atoms with Gasteiger partial charge < -0.3 is 10.4 Å². The van der Waals surface area contributed by atoms with Crippen molar-refractivity contribution in [2.45, 2.75) is 13.5 Å². The molecule has 0 aliphatic carbocycles. The van der Waals surface area contributed by atoms with Gasteiger partial charge in [0.25, 0.3) is 5.91 Å². The molecule has 7 nitrogen and oxygen atoms in total. The Morgan fingerprint density at radius 3 is 2.86 bits per heavy atom. The predicted octanol–water partition coefficient (Wildman–Crippen LogP) is 1.48. The van der Waals surface area contributed by atoms with Gasteiger partial charge in [-0.15, -0.1) is 5.10 Å². The molecule has 110 valence electrons. The molecule has 0 aliphatic rings. The second-order valence-corrected chi connectivity index (χ2v) is 5.16. The molecule has 0 atom stereocenters. The van der Waals surface area contributed by atoms with Crippen molar-refractivity contribution < 1.29 is 14.7 Å². The second kappa shape index (κ2) is 6.49. The molecule has 0 saturated heterocycles. The van der Waals surface area contributed by atoms with Gasteiger partial charge in [0.2, 0.25) is 0 Å². The van der Waals surface area contributed by atoms with Crippen molar-refractivity contribution in [2.24, 2.45) is 0 Å². The molecular formula is C13H13BrN4O3. The molecule has 0 saturated carbocycles. The summed E-state index contributed by atoms with van der Waals surface area (Å²) in [5.41, 5.74) is 1.41. The van der Waals surface area contributed by atoms with E-state index in [1.54, 1.807) is 6.07 Å². The van der Waals surface area contributed by atoms with E-state index in [0.717, 1.165) is 10.0 Å². The van der Waals surface area contributed by atoms with Gasteiger partial charge in [-0.25, -0.2) is 9.48 Å². The standard InChI is InChI=1S/C13H13BrN4O3/c1-8-3-2-4-9(11(8)14)12(19)15-5-6-18-7-10(13(20)21)16-17-18/h2-4,7H,5-6H2,1H3,(H,15,19)(H,20,21). The lowest BCUT2D eigenvalue weighted by atomic mass is 10.1. The molecule has 2 rings (SSSR count). The number of nitrogens with zero attached hydrogens (tertiary/aromatic N) is 3. The fourth-order valence-electron chi connectivity index (χ4n) is 1.71. The van der Waals surface area contributed by atoms with Gasteiger partial charge in [-0.1, -0.05) is 17.3 Å². The summed E-state index contributed by atoms with van der Waals surface area (Å²) < 4.78 is 2.13. The average molecular weight is 353 g/mol. The third-order valence-electron chi connectivity index (χ3n) is 2.82. The van der Waals surface area contributed by atoms with Crippen LogP contribution in [0.2, 0.25) is 0 Å². The van der Waals surface area contributed by atoms with Gasteiger partial charge in [-0.2, -0.15) is 0 Å². The normalized spacial score (nSPS) is 10.4. The maximum Gasteiger partial charge on any atom is 0.358 e. The van der Waals surface area contributed by atoms with Gasteiger partial charge in [-0.05, 0) is 34.5 Å². The summed E-state index contributed by atoms with van der Waals surface area (Å²) in [5, 5.41) is 18.6. The SMILES string of the molecule is Cc1cccc(C(=O)NCCn2cc(C(=O)O)nn2)c1Br. The third-order valence-corrected chi connectivity index (χ3v) is 3.87. The highest BCUT2D eigenvalue weighted by Crippen LogP contribution is 2.20. The Labute approximate surface area is 129 Å². The van der Waals surface area contributed by atoms with E-state index in [2.05, 4.69) is 31.6 Å². The summed E-state index contributed by atoms with van der Waals surface area (Å²) in [6, 6.07) is 5.44. The second-order valence-electron chi connectivity index (χ2n) is 4.36. The van der Waals surface area contributed by atoms with Crippen LogP contribution >= 0.6 is 15.9 Å². The molecule has 1 heterocycles. The lowest BCUT2D eigenvalue weighted by Crippen LogP contribution is -2.27. The zero-order chi connectivity index (χ0) is 15.4. The number of carboxylic acids is 1. The van der Waals surface area contributed by atoms with Crippen molar-refractivity contribution >= 4 is 27.8 Å². The monoisotopic (exact) mass is 352 g/mol. The van der Waals surface area contributed by atoms with Gasteiger partial charge in [0.15, 0.2) is 5.69 Å². The van der Waals surface area contributed by atoms with Gasteiger partial charge in [0.1, 0.15) is 0 Å². The zero-order valence-electron chi connectivity index (χ0n) is 11.2. The number of carboxylic acid groups (broad SMARTS) is 1. The first-order valence-electron chi connectivity index (χ1n) is 6.16. The molecule has 0 radical (unpaired) electrons. The van der Waals surface area contributed by atoms with E-state index in [1.807, 2.05) is 19.1 Å². The quantitative estimate of drug-likeness (QED) is 0.849. The van der Waals surface area contributed by atoms with Gasteiger partial charge in [-0.3, -0.25) is 4.79 Å². The molecule has 21 heavy (non-hydrogen) atoms. The number of benzene rings is 1. The maximum absolute atomic E-state index is 12.0. The molecule has 0 fully saturated rings. The van der Waals surface area contributed by atoms with Crippen molar-refractivity contribution in [1.82, 2.24) is 20.3 Å². The molecule has 1 aromatic carbocycles. The fraction of sp³-hybridized carbons (Fsp3) is 0.231. The molecular weight excluding hydrogens is 340 g/mol. The van der Waals surface area contributed by atoms with Crippen molar-refractivity contribution in [3.63, 3.8) is 0 Å². The number of aromatic carboxylic acids is 1. The van der Waals surface area contributed by atoms with E-state index >= 15 is 0 Å². The number of hydrogen-bond acceptors (Lipinski definition) is 4.